The molecule has 0 aliphatic heterocycles. The van der Waals surface area contributed by atoms with Gasteiger partial charge in [0.2, 0.25) is 10.0 Å². The quantitative estimate of drug-likeness (QED) is 0.888. The van der Waals surface area contributed by atoms with E-state index in [4.69, 9.17) is 0 Å². The number of aliphatic hydroxyl groups excluding tert-OH is 1. The van der Waals surface area contributed by atoms with Gasteiger partial charge in [-0.05, 0) is 43.3 Å². The summed E-state index contributed by atoms with van der Waals surface area (Å²) in [5.41, 5.74) is 2.46. The van der Waals surface area contributed by atoms with E-state index in [1.54, 1.807) is 19.9 Å². The van der Waals surface area contributed by atoms with Crippen LogP contribution in [0.2, 0.25) is 0 Å². The van der Waals surface area contributed by atoms with Gasteiger partial charge in [0, 0.05) is 11.4 Å². The van der Waals surface area contributed by atoms with Crippen LogP contribution in [0.3, 0.4) is 0 Å². The molecule has 2 rings (SSSR count). The molecule has 0 spiro atoms. The van der Waals surface area contributed by atoms with E-state index in [0.717, 1.165) is 10.4 Å². The fraction of sp³-hybridized carbons (Fsp3) is 0.333. The van der Waals surface area contributed by atoms with Gasteiger partial charge in [-0.15, -0.1) is 11.3 Å². The lowest BCUT2D eigenvalue weighted by molar-refractivity contribution is 0.185. The minimum atomic E-state index is -3.63. The topological polar surface area (TPSA) is 66.4 Å². The van der Waals surface area contributed by atoms with E-state index in [2.05, 4.69) is 4.72 Å². The van der Waals surface area contributed by atoms with E-state index in [-0.39, 0.29) is 6.54 Å². The Kier molecular flexibility index (Phi) is 4.83. The molecule has 0 saturated heterocycles. The van der Waals surface area contributed by atoms with Gasteiger partial charge < -0.3 is 5.11 Å². The van der Waals surface area contributed by atoms with Crippen LogP contribution in [0.1, 0.15) is 27.7 Å². The number of hydrogen-bond acceptors (Lipinski definition) is 4. The van der Waals surface area contributed by atoms with Gasteiger partial charge in [-0.25, -0.2) is 13.1 Å². The van der Waals surface area contributed by atoms with Crippen LogP contribution in [0.15, 0.2) is 34.5 Å². The molecule has 0 fully saturated rings. The van der Waals surface area contributed by atoms with Crippen LogP contribution in [0.5, 0.6) is 0 Å². The molecule has 0 bridgehead atoms. The van der Waals surface area contributed by atoms with Crippen LogP contribution in [0.4, 0.5) is 0 Å². The Hall–Kier alpha value is -1.21. The maximum Gasteiger partial charge on any atom is 0.241 e. The van der Waals surface area contributed by atoms with Gasteiger partial charge in [0.1, 0.15) is 6.10 Å². The molecule has 21 heavy (non-hydrogen) atoms. The summed E-state index contributed by atoms with van der Waals surface area (Å²) in [6.07, 6.45) is -0.828. The smallest absolute Gasteiger partial charge is 0.241 e. The maximum absolute atomic E-state index is 12.4. The first-order chi connectivity index (χ1) is 9.81. The lowest BCUT2D eigenvalue weighted by Gasteiger charge is -2.15. The van der Waals surface area contributed by atoms with Gasteiger partial charge in [0.05, 0.1) is 4.90 Å². The molecule has 0 amide bonds. The van der Waals surface area contributed by atoms with Crippen LogP contribution in [0, 0.1) is 20.8 Å². The Morgan fingerprint density at radius 2 is 1.86 bits per heavy atom. The van der Waals surface area contributed by atoms with Gasteiger partial charge in [0.15, 0.2) is 0 Å². The van der Waals surface area contributed by atoms with E-state index < -0.39 is 16.1 Å². The van der Waals surface area contributed by atoms with Crippen molar-refractivity contribution in [2.45, 2.75) is 31.8 Å². The van der Waals surface area contributed by atoms with Crippen molar-refractivity contribution in [2.24, 2.45) is 0 Å². The molecule has 0 saturated carbocycles. The molecule has 1 atom stereocenters. The fourth-order valence-electron chi connectivity index (χ4n) is 2.43. The Balaban J connectivity index is 2.20. The van der Waals surface area contributed by atoms with E-state index >= 15 is 0 Å². The molecule has 1 heterocycles. The van der Waals surface area contributed by atoms with Gasteiger partial charge in [-0.3, -0.25) is 0 Å². The number of sulfonamides is 1. The summed E-state index contributed by atoms with van der Waals surface area (Å²) in [6.45, 7) is 5.47. The second-order valence-corrected chi connectivity index (χ2v) is 7.79. The molecule has 1 aromatic heterocycles. The molecule has 1 unspecified atom stereocenters. The summed E-state index contributed by atoms with van der Waals surface area (Å²) in [5, 5.41) is 11.8. The molecular formula is C15H19NO3S2. The summed E-state index contributed by atoms with van der Waals surface area (Å²) in [5.74, 6) is 0. The average molecular weight is 325 g/mol. The van der Waals surface area contributed by atoms with Crippen molar-refractivity contribution in [1.82, 2.24) is 4.72 Å². The highest BCUT2D eigenvalue weighted by atomic mass is 32.2. The predicted octanol–water partition coefficient (Wildman–Crippen LogP) is 2.69. The van der Waals surface area contributed by atoms with E-state index in [1.165, 1.54) is 11.3 Å². The van der Waals surface area contributed by atoms with Crippen molar-refractivity contribution in [2.75, 3.05) is 6.54 Å². The third-order valence-electron chi connectivity index (χ3n) is 3.21. The standard InChI is InChI=1S/C15H19NO3S2/c1-10-7-11(2)15(12(3)8-10)21(18,19)16-9-13(17)14-5-4-6-20-14/h4-8,13,16-17H,9H2,1-3H3. The van der Waals surface area contributed by atoms with Crippen LogP contribution in [0.25, 0.3) is 0 Å². The summed E-state index contributed by atoms with van der Waals surface area (Å²) in [4.78, 5) is 1.04. The lowest BCUT2D eigenvalue weighted by atomic mass is 10.1. The summed E-state index contributed by atoms with van der Waals surface area (Å²) < 4.78 is 27.4. The highest BCUT2D eigenvalue weighted by Crippen LogP contribution is 2.23. The van der Waals surface area contributed by atoms with E-state index in [0.29, 0.717) is 16.0 Å². The number of nitrogens with one attached hydrogen (secondary N) is 1. The third-order valence-corrected chi connectivity index (χ3v) is 5.91. The molecule has 0 aliphatic carbocycles. The van der Waals surface area contributed by atoms with Crippen molar-refractivity contribution in [3.05, 3.63) is 51.2 Å². The zero-order valence-corrected chi connectivity index (χ0v) is 13.9. The van der Waals surface area contributed by atoms with Crippen LogP contribution < -0.4 is 4.72 Å². The Morgan fingerprint density at radius 1 is 1.24 bits per heavy atom. The van der Waals surface area contributed by atoms with Crippen molar-refractivity contribution in [3.8, 4) is 0 Å². The Morgan fingerprint density at radius 3 is 2.38 bits per heavy atom. The van der Waals surface area contributed by atoms with Crippen LogP contribution in [-0.2, 0) is 10.0 Å². The molecule has 2 aromatic rings. The molecular weight excluding hydrogens is 306 g/mol. The molecule has 6 heteroatoms. The van der Waals surface area contributed by atoms with Crippen molar-refractivity contribution in [1.29, 1.82) is 0 Å². The summed E-state index contributed by atoms with van der Waals surface area (Å²) >= 11 is 1.40. The fourth-order valence-corrected chi connectivity index (χ4v) is 4.63. The lowest BCUT2D eigenvalue weighted by Crippen LogP contribution is -2.29. The Labute approximate surface area is 129 Å². The van der Waals surface area contributed by atoms with E-state index in [9.17, 15) is 13.5 Å². The van der Waals surface area contributed by atoms with Gasteiger partial charge >= 0.3 is 0 Å². The minimum absolute atomic E-state index is 0.0321. The first-order valence-corrected chi connectivity index (χ1v) is 8.96. The first kappa shape index (κ1) is 16.2. The highest BCUT2D eigenvalue weighted by molar-refractivity contribution is 7.89. The van der Waals surface area contributed by atoms with Crippen molar-refractivity contribution >= 4 is 21.4 Å². The number of rotatable bonds is 5. The Bertz CT molecular complexity index is 698. The summed E-state index contributed by atoms with van der Waals surface area (Å²) in [7, 11) is -3.63. The van der Waals surface area contributed by atoms with Gasteiger partial charge in [-0.2, -0.15) is 0 Å². The largest absolute Gasteiger partial charge is 0.386 e. The molecule has 1 aromatic carbocycles. The molecule has 2 N–H and O–H groups in total. The normalized spacial score (nSPS) is 13.3. The second-order valence-electron chi connectivity index (χ2n) is 5.11. The van der Waals surface area contributed by atoms with Crippen molar-refractivity contribution in [3.63, 3.8) is 0 Å². The molecule has 4 nitrogen and oxygen atoms in total. The van der Waals surface area contributed by atoms with Crippen molar-refractivity contribution < 1.29 is 13.5 Å². The van der Waals surface area contributed by atoms with Gasteiger partial charge in [-0.1, -0.05) is 23.8 Å². The SMILES string of the molecule is Cc1cc(C)c(S(=O)(=O)NCC(O)c2cccs2)c(C)c1. The molecule has 114 valence electrons. The second kappa shape index (κ2) is 6.27. The van der Waals surface area contributed by atoms with Crippen LogP contribution >= 0.6 is 11.3 Å². The maximum atomic E-state index is 12.4. The number of hydrogen-bond donors (Lipinski definition) is 2. The minimum Gasteiger partial charge on any atom is -0.386 e. The van der Waals surface area contributed by atoms with E-state index in [1.807, 2.05) is 30.5 Å². The third kappa shape index (κ3) is 3.71. The van der Waals surface area contributed by atoms with Crippen LogP contribution in [-0.4, -0.2) is 20.1 Å². The molecule has 0 radical (unpaired) electrons. The predicted molar refractivity (Wildman–Crippen MR) is 85.1 cm³/mol. The number of thiophene rings is 1. The number of aryl methyl sites for hydroxylation is 3. The zero-order valence-electron chi connectivity index (χ0n) is 12.3. The number of aliphatic hydroxyl groups is 1. The first-order valence-electron chi connectivity index (χ1n) is 6.60. The number of benzene rings is 1. The highest BCUT2D eigenvalue weighted by Gasteiger charge is 2.21. The van der Waals surface area contributed by atoms with Gasteiger partial charge in [0.25, 0.3) is 0 Å². The average Bonchev–Trinajstić information content (AvgIpc) is 2.88. The molecule has 0 aliphatic rings. The summed E-state index contributed by atoms with van der Waals surface area (Å²) in [6, 6.07) is 7.30. The zero-order chi connectivity index (χ0) is 15.6. The monoisotopic (exact) mass is 325 g/mol.